The van der Waals surface area contributed by atoms with Crippen molar-refractivity contribution in [3.05, 3.63) is 60.1 Å². The maximum Gasteiger partial charge on any atom is 0.230 e. The SMILES string of the molecule is Cc1cc(Oc2nccc3occc23)ccc1-c1c(C)cnn1C(C)(C)C. The second kappa shape index (κ2) is 6.27. The molecule has 0 aliphatic rings. The fraction of sp³-hybridized carbons (Fsp3) is 0.273. The number of furan rings is 1. The van der Waals surface area contributed by atoms with Crippen molar-refractivity contribution in [3.63, 3.8) is 0 Å². The molecular formula is C22H23N3O2. The third-order valence-electron chi connectivity index (χ3n) is 4.60. The zero-order valence-electron chi connectivity index (χ0n) is 16.3. The van der Waals surface area contributed by atoms with Crippen LogP contribution in [0.25, 0.3) is 22.2 Å². The van der Waals surface area contributed by atoms with Crippen molar-refractivity contribution in [1.29, 1.82) is 0 Å². The quantitative estimate of drug-likeness (QED) is 0.459. The molecule has 138 valence electrons. The molecule has 27 heavy (non-hydrogen) atoms. The fourth-order valence-corrected chi connectivity index (χ4v) is 3.29. The molecule has 5 nitrogen and oxygen atoms in total. The number of hydrogen-bond acceptors (Lipinski definition) is 4. The maximum absolute atomic E-state index is 6.04. The minimum atomic E-state index is -0.0912. The average Bonchev–Trinajstić information content (AvgIpc) is 3.22. The van der Waals surface area contributed by atoms with Gasteiger partial charge in [-0.25, -0.2) is 4.98 Å². The van der Waals surface area contributed by atoms with Crippen molar-refractivity contribution < 1.29 is 9.15 Å². The first kappa shape index (κ1) is 17.3. The van der Waals surface area contributed by atoms with Crippen molar-refractivity contribution in [3.8, 4) is 22.9 Å². The van der Waals surface area contributed by atoms with E-state index in [0.29, 0.717) is 5.88 Å². The van der Waals surface area contributed by atoms with E-state index < -0.39 is 0 Å². The summed E-state index contributed by atoms with van der Waals surface area (Å²) in [5.74, 6) is 1.29. The molecule has 0 saturated carbocycles. The van der Waals surface area contributed by atoms with Gasteiger partial charge in [0.25, 0.3) is 0 Å². The van der Waals surface area contributed by atoms with Gasteiger partial charge in [0.2, 0.25) is 5.88 Å². The van der Waals surface area contributed by atoms with Gasteiger partial charge < -0.3 is 9.15 Å². The Balaban J connectivity index is 1.72. The number of pyridine rings is 1. The number of benzene rings is 1. The van der Waals surface area contributed by atoms with Crippen LogP contribution in [0.15, 0.2) is 53.4 Å². The molecule has 0 aliphatic heterocycles. The number of hydrogen-bond donors (Lipinski definition) is 0. The Kier molecular flexibility index (Phi) is 4.02. The summed E-state index contributed by atoms with van der Waals surface area (Å²) in [6.45, 7) is 10.7. The largest absolute Gasteiger partial charge is 0.464 e. The molecule has 4 aromatic rings. The van der Waals surface area contributed by atoms with E-state index in [1.807, 2.05) is 30.5 Å². The van der Waals surface area contributed by atoms with E-state index in [9.17, 15) is 0 Å². The lowest BCUT2D eigenvalue weighted by Gasteiger charge is -2.23. The second-order valence-electron chi connectivity index (χ2n) is 7.79. The van der Waals surface area contributed by atoms with Crippen LogP contribution in [0.5, 0.6) is 11.6 Å². The molecule has 0 spiro atoms. The van der Waals surface area contributed by atoms with E-state index in [2.05, 4.69) is 55.4 Å². The normalized spacial score (nSPS) is 11.9. The number of aryl methyl sites for hydroxylation is 2. The van der Waals surface area contributed by atoms with Gasteiger partial charge in [-0.3, -0.25) is 4.68 Å². The van der Waals surface area contributed by atoms with Gasteiger partial charge in [-0.1, -0.05) is 0 Å². The Hall–Kier alpha value is -3.08. The maximum atomic E-state index is 6.04. The lowest BCUT2D eigenvalue weighted by Crippen LogP contribution is -2.24. The van der Waals surface area contributed by atoms with E-state index in [-0.39, 0.29) is 5.54 Å². The first-order valence-corrected chi connectivity index (χ1v) is 9.01. The van der Waals surface area contributed by atoms with Crippen molar-refractivity contribution in [1.82, 2.24) is 14.8 Å². The molecule has 3 aromatic heterocycles. The smallest absolute Gasteiger partial charge is 0.230 e. The zero-order valence-corrected chi connectivity index (χ0v) is 16.3. The number of rotatable bonds is 3. The molecule has 0 saturated heterocycles. The van der Waals surface area contributed by atoms with Gasteiger partial charge in [-0.15, -0.1) is 0 Å². The number of ether oxygens (including phenoxy) is 1. The summed E-state index contributed by atoms with van der Waals surface area (Å²) in [5, 5.41) is 5.45. The highest BCUT2D eigenvalue weighted by Gasteiger charge is 2.21. The van der Waals surface area contributed by atoms with Crippen LogP contribution < -0.4 is 4.74 Å². The predicted molar refractivity (Wildman–Crippen MR) is 106 cm³/mol. The number of fused-ring (bicyclic) bond motifs is 1. The van der Waals surface area contributed by atoms with E-state index in [1.165, 1.54) is 0 Å². The van der Waals surface area contributed by atoms with Crippen LogP contribution >= 0.6 is 0 Å². The van der Waals surface area contributed by atoms with Gasteiger partial charge in [0.05, 0.1) is 29.1 Å². The summed E-state index contributed by atoms with van der Waals surface area (Å²) < 4.78 is 13.5. The van der Waals surface area contributed by atoms with Crippen molar-refractivity contribution in [2.45, 2.75) is 40.2 Å². The van der Waals surface area contributed by atoms with Crippen LogP contribution in [0.1, 0.15) is 31.9 Å². The average molecular weight is 361 g/mol. The van der Waals surface area contributed by atoms with Crippen LogP contribution in [0.3, 0.4) is 0 Å². The molecule has 1 aromatic carbocycles. The molecule has 4 rings (SSSR count). The van der Waals surface area contributed by atoms with E-state index in [4.69, 9.17) is 9.15 Å². The van der Waals surface area contributed by atoms with Gasteiger partial charge in [0.1, 0.15) is 11.3 Å². The van der Waals surface area contributed by atoms with Gasteiger partial charge in [0, 0.05) is 11.8 Å². The number of aromatic nitrogens is 3. The molecule has 0 amide bonds. The molecule has 0 fully saturated rings. The lowest BCUT2D eigenvalue weighted by atomic mass is 10.0. The zero-order chi connectivity index (χ0) is 19.2. The predicted octanol–water partition coefficient (Wildman–Crippen LogP) is 5.86. The highest BCUT2D eigenvalue weighted by Crippen LogP contribution is 2.34. The Morgan fingerprint density at radius 2 is 1.85 bits per heavy atom. The van der Waals surface area contributed by atoms with E-state index in [1.54, 1.807) is 12.5 Å². The Bertz CT molecular complexity index is 1120. The van der Waals surface area contributed by atoms with Gasteiger partial charge >= 0.3 is 0 Å². The van der Waals surface area contributed by atoms with Gasteiger partial charge in [0.15, 0.2) is 0 Å². The minimum absolute atomic E-state index is 0.0912. The van der Waals surface area contributed by atoms with Crippen LogP contribution in [0.4, 0.5) is 0 Å². The van der Waals surface area contributed by atoms with Crippen molar-refractivity contribution in [2.24, 2.45) is 0 Å². The number of nitrogens with zero attached hydrogens (tertiary/aromatic N) is 3. The van der Waals surface area contributed by atoms with E-state index >= 15 is 0 Å². The minimum Gasteiger partial charge on any atom is -0.464 e. The molecule has 0 atom stereocenters. The highest BCUT2D eigenvalue weighted by atomic mass is 16.5. The van der Waals surface area contributed by atoms with Crippen LogP contribution in [0.2, 0.25) is 0 Å². The molecule has 5 heteroatoms. The lowest BCUT2D eigenvalue weighted by molar-refractivity contribution is 0.360. The third-order valence-corrected chi connectivity index (χ3v) is 4.60. The molecule has 0 N–H and O–H groups in total. The molecule has 0 radical (unpaired) electrons. The first-order chi connectivity index (χ1) is 12.8. The Morgan fingerprint density at radius 1 is 1.04 bits per heavy atom. The summed E-state index contributed by atoms with van der Waals surface area (Å²) in [5.41, 5.74) is 5.25. The van der Waals surface area contributed by atoms with Crippen molar-refractivity contribution in [2.75, 3.05) is 0 Å². The summed E-state index contributed by atoms with van der Waals surface area (Å²) >= 11 is 0. The van der Waals surface area contributed by atoms with Crippen LogP contribution in [-0.4, -0.2) is 14.8 Å². The summed E-state index contributed by atoms with van der Waals surface area (Å²) in [6.07, 6.45) is 5.26. The molecular weight excluding hydrogens is 338 g/mol. The van der Waals surface area contributed by atoms with Gasteiger partial charge in [-0.2, -0.15) is 5.10 Å². The standard InChI is InChI=1S/C22H23N3O2/c1-14-12-16(27-21-18-9-11-26-19(18)8-10-23-21)6-7-17(14)20-15(2)13-24-25(20)22(3,4)5/h6-13H,1-5H3. The molecule has 0 unspecified atom stereocenters. The highest BCUT2D eigenvalue weighted by molar-refractivity contribution is 5.82. The molecule has 3 heterocycles. The third kappa shape index (κ3) is 3.10. The van der Waals surface area contributed by atoms with Gasteiger partial charge in [-0.05, 0) is 76.1 Å². The molecule has 0 aliphatic carbocycles. The van der Waals surface area contributed by atoms with E-state index in [0.717, 1.165) is 39.1 Å². The topological polar surface area (TPSA) is 53.1 Å². The first-order valence-electron chi connectivity index (χ1n) is 9.01. The van der Waals surface area contributed by atoms with Crippen LogP contribution in [-0.2, 0) is 5.54 Å². The van der Waals surface area contributed by atoms with Crippen LogP contribution in [0, 0.1) is 13.8 Å². The molecule has 0 bridgehead atoms. The summed E-state index contributed by atoms with van der Waals surface area (Å²) in [6, 6.07) is 9.79. The monoisotopic (exact) mass is 361 g/mol. The fourth-order valence-electron chi connectivity index (χ4n) is 3.29. The van der Waals surface area contributed by atoms with Crippen molar-refractivity contribution >= 4 is 11.0 Å². The Morgan fingerprint density at radius 3 is 2.59 bits per heavy atom. The second-order valence-corrected chi connectivity index (χ2v) is 7.79. The summed E-state index contributed by atoms with van der Waals surface area (Å²) in [4.78, 5) is 4.34. The Labute approximate surface area is 158 Å². The summed E-state index contributed by atoms with van der Waals surface area (Å²) in [7, 11) is 0.